The zero-order chi connectivity index (χ0) is 15.8. The van der Waals surface area contributed by atoms with Crippen LogP contribution in [0, 0.1) is 11.8 Å². The van der Waals surface area contributed by atoms with Gasteiger partial charge in [0.2, 0.25) is 5.91 Å². The predicted octanol–water partition coefficient (Wildman–Crippen LogP) is 1.11. The molecule has 0 aromatic carbocycles. The molecule has 1 N–H and O–H groups in total. The summed E-state index contributed by atoms with van der Waals surface area (Å²) in [6, 6.07) is 0. The highest BCUT2D eigenvalue weighted by Crippen LogP contribution is 2.29. The first-order valence-electron chi connectivity index (χ1n) is 8.37. The van der Waals surface area contributed by atoms with Gasteiger partial charge < -0.3 is 10.2 Å². The third-order valence-electron chi connectivity index (χ3n) is 4.86. The van der Waals surface area contributed by atoms with E-state index in [0.717, 1.165) is 55.2 Å². The third-order valence-corrected chi connectivity index (χ3v) is 4.86. The van der Waals surface area contributed by atoms with Crippen LogP contribution < -0.4 is 10.2 Å². The van der Waals surface area contributed by atoms with Crippen LogP contribution in [0.25, 0.3) is 11.0 Å². The second-order valence-corrected chi connectivity index (χ2v) is 6.68. The summed E-state index contributed by atoms with van der Waals surface area (Å²) in [5.74, 6) is 1.85. The Morgan fingerprint density at radius 1 is 1.35 bits per heavy atom. The van der Waals surface area contributed by atoms with Crippen LogP contribution in [0.1, 0.15) is 25.7 Å². The van der Waals surface area contributed by atoms with Crippen molar-refractivity contribution in [2.24, 2.45) is 18.9 Å². The lowest BCUT2D eigenvalue weighted by molar-refractivity contribution is -0.125. The van der Waals surface area contributed by atoms with Gasteiger partial charge in [0, 0.05) is 26.7 Å². The SMILES string of the molecule is Cn1ncc2c(N3CCC[C@@H](C(=O)NCC4CC4)C3)ncnc21. The van der Waals surface area contributed by atoms with E-state index in [1.807, 2.05) is 7.05 Å². The Bertz CT molecular complexity index is 722. The summed E-state index contributed by atoms with van der Waals surface area (Å²) in [6.07, 6.45) is 7.87. The van der Waals surface area contributed by atoms with Gasteiger partial charge in [-0.25, -0.2) is 9.97 Å². The number of fused-ring (bicyclic) bond motifs is 1. The van der Waals surface area contributed by atoms with Crippen LogP contribution in [-0.2, 0) is 11.8 Å². The number of rotatable bonds is 4. The van der Waals surface area contributed by atoms with Crippen molar-refractivity contribution in [2.45, 2.75) is 25.7 Å². The average Bonchev–Trinajstić information content (AvgIpc) is 3.35. The minimum absolute atomic E-state index is 0.0455. The minimum Gasteiger partial charge on any atom is -0.356 e. The van der Waals surface area contributed by atoms with Crippen molar-refractivity contribution in [3.05, 3.63) is 12.5 Å². The number of nitrogens with one attached hydrogen (secondary N) is 1. The summed E-state index contributed by atoms with van der Waals surface area (Å²) in [7, 11) is 1.88. The van der Waals surface area contributed by atoms with Crippen LogP contribution in [0.5, 0.6) is 0 Å². The van der Waals surface area contributed by atoms with Crippen LogP contribution in [0.15, 0.2) is 12.5 Å². The van der Waals surface area contributed by atoms with Gasteiger partial charge in [0.05, 0.1) is 17.5 Å². The molecule has 0 unspecified atom stereocenters. The van der Waals surface area contributed by atoms with E-state index in [-0.39, 0.29) is 11.8 Å². The van der Waals surface area contributed by atoms with Crippen LogP contribution >= 0.6 is 0 Å². The Labute approximate surface area is 135 Å². The van der Waals surface area contributed by atoms with Gasteiger partial charge in [-0.15, -0.1) is 0 Å². The fraction of sp³-hybridized carbons (Fsp3) is 0.625. The molecule has 122 valence electrons. The van der Waals surface area contributed by atoms with E-state index in [1.54, 1.807) is 17.2 Å². The van der Waals surface area contributed by atoms with Crippen molar-refractivity contribution in [1.29, 1.82) is 0 Å². The predicted molar refractivity (Wildman–Crippen MR) is 87.0 cm³/mol. The highest BCUT2D eigenvalue weighted by molar-refractivity contribution is 5.87. The zero-order valence-corrected chi connectivity index (χ0v) is 13.4. The summed E-state index contributed by atoms with van der Waals surface area (Å²) in [6.45, 7) is 2.49. The topological polar surface area (TPSA) is 75.9 Å². The number of carbonyl (C=O) groups excluding carboxylic acids is 1. The van der Waals surface area contributed by atoms with E-state index < -0.39 is 0 Å². The number of aromatic nitrogens is 4. The van der Waals surface area contributed by atoms with Gasteiger partial charge in [0.15, 0.2) is 5.65 Å². The standard InChI is InChI=1S/C16H22N6O/c1-21-14-13(8-20-21)15(19-10-18-14)22-6-2-3-12(9-22)16(23)17-7-11-4-5-11/h8,10-12H,2-7,9H2,1H3,(H,17,23)/t12-/m1/s1. The summed E-state index contributed by atoms with van der Waals surface area (Å²) >= 11 is 0. The average molecular weight is 314 g/mol. The summed E-state index contributed by atoms with van der Waals surface area (Å²) in [5.41, 5.74) is 0.829. The Hall–Kier alpha value is -2.18. The second kappa shape index (κ2) is 5.79. The summed E-state index contributed by atoms with van der Waals surface area (Å²) in [5, 5.41) is 8.33. The normalized spacial score (nSPS) is 21.6. The lowest BCUT2D eigenvalue weighted by atomic mass is 9.97. The van der Waals surface area contributed by atoms with E-state index in [2.05, 4.69) is 25.3 Å². The Kier molecular flexibility index (Phi) is 3.63. The number of hydrogen-bond donors (Lipinski definition) is 1. The smallest absolute Gasteiger partial charge is 0.224 e. The molecule has 0 bridgehead atoms. The van der Waals surface area contributed by atoms with Gasteiger partial charge in [0.1, 0.15) is 12.1 Å². The molecule has 1 saturated carbocycles. The molecular formula is C16H22N6O. The molecule has 3 heterocycles. The fourth-order valence-corrected chi connectivity index (χ4v) is 3.30. The summed E-state index contributed by atoms with van der Waals surface area (Å²) in [4.78, 5) is 23.3. The molecule has 1 amide bonds. The van der Waals surface area contributed by atoms with Gasteiger partial charge >= 0.3 is 0 Å². The third kappa shape index (κ3) is 2.87. The van der Waals surface area contributed by atoms with Crippen molar-refractivity contribution in [2.75, 3.05) is 24.5 Å². The van der Waals surface area contributed by atoms with Crippen LogP contribution in [0.2, 0.25) is 0 Å². The van der Waals surface area contributed by atoms with Gasteiger partial charge in [-0.3, -0.25) is 9.48 Å². The molecule has 0 radical (unpaired) electrons. The molecule has 1 saturated heterocycles. The van der Waals surface area contributed by atoms with Gasteiger partial charge in [-0.1, -0.05) is 0 Å². The van der Waals surface area contributed by atoms with E-state index >= 15 is 0 Å². The molecule has 2 fully saturated rings. The Morgan fingerprint density at radius 2 is 2.22 bits per heavy atom. The molecule has 2 aromatic heterocycles. The molecule has 7 heteroatoms. The molecule has 23 heavy (non-hydrogen) atoms. The number of anilines is 1. The van der Waals surface area contributed by atoms with Crippen molar-refractivity contribution >= 4 is 22.8 Å². The van der Waals surface area contributed by atoms with Crippen LogP contribution in [0.3, 0.4) is 0 Å². The van der Waals surface area contributed by atoms with Crippen molar-refractivity contribution in [1.82, 2.24) is 25.1 Å². The summed E-state index contributed by atoms with van der Waals surface area (Å²) < 4.78 is 1.75. The number of hydrogen-bond acceptors (Lipinski definition) is 5. The van der Waals surface area contributed by atoms with E-state index in [4.69, 9.17) is 0 Å². The largest absolute Gasteiger partial charge is 0.356 e. The molecule has 1 aliphatic carbocycles. The van der Waals surface area contributed by atoms with Crippen molar-refractivity contribution < 1.29 is 4.79 Å². The van der Waals surface area contributed by atoms with E-state index in [9.17, 15) is 4.79 Å². The van der Waals surface area contributed by atoms with E-state index in [0.29, 0.717) is 0 Å². The zero-order valence-electron chi connectivity index (χ0n) is 13.4. The molecule has 1 aliphatic heterocycles. The minimum atomic E-state index is 0.0455. The second-order valence-electron chi connectivity index (χ2n) is 6.68. The molecular weight excluding hydrogens is 292 g/mol. The van der Waals surface area contributed by atoms with Crippen LogP contribution in [-0.4, -0.2) is 45.3 Å². The van der Waals surface area contributed by atoms with Crippen molar-refractivity contribution in [3.63, 3.8) is 0 Å². The molecule has 7 nitrogen and oxygen atoms in total. The maximum Gasteiger partial charge on any atom is 0.224 e. The quantitative estimate of drug-likeness (QED) is 0.915. The van der Waals surface area contributed by atoms with Gasteiger partial charge in [-0.05, 0) is 31.6 Å². The van der Waals surface area contributed by atoms with Gasteiger partial charge in [0.25, 0.3) is 0 Å². The Balaban J connectivity index is 1.50. The maximum absolute atomic E-state index is 12.4. The highest BCUT2D eigenvalue weighted by Gasteiger charge is 2.29. The first-order chi connectivity index (χ1) is 11.2. The molecule has 0 spiro atoms. The first-order valence-corrected chi connectivity index (χ1v) is 8.37. The van der Waals surface area contributed by atoms with Crippen LogP contribution in [0.4, 0.5) is 5.82 Å². The van der Waals surface area contributed by atoms with Crippen molar-refractivity contribution in [3.8, 4) is 0 Å². The highest BCUT2D eigenvalue weighted by atomic mass is 16.1. The number of piperidine rings is 1. The first kappa shape index (κ1) is 14.4. The Morgan fingerprint density at radius 3 is 3.04 bits per heavy atom. The molecule has 4 rings (SSSR count). The van der Waals surface area contributed by atoms with E-state index in [1.165, 1.54) is 12.8 Å². The molecule has 1 atom stereocenters. The number of amides is 1. The van der Waals surface area contributed by atoms with Gasteiger partial charge in [-0.2, -0.15) is 5.10 Å². The monoisotopic (exact) mass is 314 g/mol. The fourth-order valence-electron chi connectivity index (χ4n) is 3.30. The lowest BCUT2D eigenvalue weighted by Crippen LogP contribution is -2.43. The molecule has 2 aromatic rings. The number of carbonyl (C=O) groups is 1. The number of nitrogens with zero attached hydrogens (tertiary/aromatic N) is 5. The lowest BCUT2D eigenvalue weighted by Gasteiger charge is -2.33. The maximum atomic E-state index is 12.4. The molecule has 2 aliphatic rings. The number of aryl methyl sites for hydroxylation is 1.